The number of hydrogen-bond donors (Lipinski definition) is 4. The maximum atomic E-state index is 13.4. The summed E-state index contributed by atoms with van der Waals surface area (Å²) in [5.41, 5.74) is 0.646. The molecule has 2 aromatic carbocycles. The number of hydrogen-bond acceptors (Lipinski definition) is 10. The molecule has 4 aromatic rings. The van der Waals surface area contributed by atoms with Crippen LogP contribution in [0.5, 0.6) is 11.5 Å². The highest BCUT2D eigenvalue weighted by atomic mass is 16.7. The van der Waals surface area contributed by atoms with Crippen molar-refractivity contribution in [3.05, 3.63) is 59.0 Å². The third-order valence-corrected chi connectivity index (χ3v) is 5.85. The monoisotopic (exact) mass is 470 g/mol. The molecule has 2 aromatic heterocycles. The number of rotatable bonds is 5. The Labute approximate surface area is 192 Å². The van der Waals surface area contributed by atoms with Gasteiger partial charge in [0.25, 0.3) is 0 Å². The standard InChI is InChI=1S/C24H22O10/c1-30-23-16(26)13-9-14(32-24-19(29)18(28)17(27)15(10-25)33-24)22-12(7-8-31-22)21(13)34-20(23)11-5-3-2-4-6-11/h2-9,15,17-19,24-25,27-29H,10H2,1H3/t15-,17-,18+,19-,24-/m1/s1. The van der Waals surface area contributed by atoms with Crippen LogP contribution >= 0.6 is 0 Å². The highest BCUT2D eigenvalue weighted by molar-refractivity contribution is 6.05. The van der Waals surface area contributed by atoms with Gasteiger partial charge >= 0.3 is 0 Å². The summed E-state index contributed by atoms with van der Waals surface area (Å²) in [5.74, 6) is 0.282. The Hall–Kier alpha value is -3.41. The van der Waals surface area contributed by atoms with Crippen molar-refractivity contribution in [1.82, 2.24) is 0 Å². The van der Waals surface area contributed by atoms with Crippen molar-refractivity contribution >= 4 is 21.9 Å². The van der Waals surface area contributed by atoms with Crippen molar-refractivity contribution in [3.8, 4) is 22.8 Å². The predicted molar refractivity (Wildman–Crippen MR) is 119 cm³/mol. The third kappa shape index (κ3) is 3.52. The van der Waals surface area contributed by atoms with E-state index in [0.717, 1.165) is 0 Å². The van der Waals surface area contributed by atoms with Crippen molar-refractivity contribution in [2.75, 3.05) is 13.7 Å². The highest BCUT2D eigenvalue weighted by Gasteiger charge is 2.45. The van der Waals surface area contributed by atoms with Crippen LogP contribution in [0.3, 0.4) is 0 Å². The molecule has 1 aliphatic rings. The maximum Gasteiger partial charge on any atom is 0.235 e. The summed E-state index contributed by atoms with van der Waals surface area (Å²) in [6.45, 7) is -0.609. The fourth-order valence-electron chi connectivity index (χ4n) is 4.08. The van der Waals surface area contributed by atoms with Gasteiger partial charge in [0.2, 0.25) is 17.5 Å². The molecule has 0 spiro atoms. The topological polar surface area (TPSA) is 152 Å². The molecule has 34 heavy (non-hydrogen) atoms. The van der Waals surface area contributed by atoms with Gasteiger partial charge in [-0.3, -0.25) is 4.79 Å². The van der Waals surface area contributed by atoms with Crippen LogP contribution in [0.15, 0.2) is 62.4 Å². The molecule has 5 rings (SSSR count). The van der Waals surface area contributed by atoms with Crippen LogP contribution in [0.25, 0.3) is 33.3 Å². The van der Waals surface area contributed by atoms with Crippen molar-refractivity contribution in [1.29, 1.82) is 0 Å². The predicted octanol–water partition coefficient (Wildman–Crippen LogP) is 1.39. The Morgan fingerprint density at radius 3 is 2.44 bits per heavy atom. The molecule has 0 radical (unpaired) electrons. The molecular weight excluding hydrogens is 448 g/mol. The molecule has 0 aliphatic carbocycles. The van der Waals surface area contributed by atoms with E-state index in [-0.39, 0.29) is 33.8 Å². The van der Waals surface area contributed by atoms with Crippen LogP contribution in [0.2, 0.25) is 0 Å². The lowest BCUT2D eigenvalue weighted by molar-refractivity contribution is -0.277. The maximum absolute atomic E-state index is 13.4. The first-order valence-corrected chi connectivity index (χ1v) is 10.5. The van der Waals surface area contributed by atoms with Crippen LogP contribution in [0.4, 0.5) is 0 Å². The minimum absolute atomic E-state index is 0.000310. The van der Waals surface area contributed by atoms with Gasteiger partial charge in [0, 0.05) is 5.56 Å². The van der Waals surface area contributed by atoms with Crippen LogP contribution in [0, 0.1) is 0 Å². The zero-order chi connectivity index (χ0) is 24.0. The van der Waals surface area contributed by atoms with E-state index in [4.69, 9.17) is 23.0 Å². The van der Waals surface area contributed by atoms with Crippen molar-refractivity contribution in [3.63, 3.8) is 0 Å². The Balaban J connectivity index is 1.66. The Morgan fingerprint density at radius 1 is 0.971 bits per heavy atom. The summed E-state index contributed by atoms with van der Waals surface area (Å²) in [6.07, 6.45) is -6.02. The summed E-state index contributed by atoms with van der Waals surface area (Å²) >= 11 is 0. The Bertz CT molecular complexity index is 1370. The van der Waals surface area contributed by atoms with E-state index in [9.17, 15) is 25.2 Å². The Kier molecular flexibility index (Phi) is 5.76. The molecule has 0 unspecified atom stereocenters. The number of furan rings is 1. The zero-order valence-electron chi connectivity index (χ0n) is 18.0. The molecule has 1 saturated heterocycles. The summed E-state index contributed by atoms with van der Waals surface area (Å²) in [6, 6.07) is 12.0. The van der Waals surface area contributed by atoms with Gasteiger partial charge in [-0.25, -0.2) is 0 Å². The first kappa shape index (κ1) is 22.4. The molecule has 10 nitrogen and oxygen atoms in total. The van der Waals surface area contributed by atoms with E-state index in [1.807, 2.05) is 18.2 Å². The number of fused-ring (bicyclic) bond motifs is 3. The normalized spacial score (nSPS) is 25.0. The highest BCUT2D eigenvalue weighted by Crippen LogP contribution is 2.39. The number of methoxy groups -OCH3 is 1. The summed E-state index contributed by atoms with van der Waals surface area (Å²) in [7, 11) is 1.37. The van der Waals surface area contributed by atoms with Crippen LogP contribution in [-0.4, -0.2) is 64.8 Å². The molecule has 0 saturated carbocycles. The fourth-order valence-corrected chi connectivity index (χ4v) is 4.08. The van der Waals surface area contributed by atoms with Gasteiger partial charge in [0.05, 0.1) is 30.8 Å². The van der Waals surface area contributed by atoms with Crippen molar-refractivity contribution < 1.29 is 43.5 Å². The van der Waals surface area contributed by atoms with E-state index in [0.29, 0.717) is 10.9 Å². The fraction of sp³-hybridized carbons (Fsp3) is 0.292. The molecule has 0 amide bonds. The smallest absolute Gasteiger partial charge is 0.235 e. The molecule has 10 heteroatoms. The second-order valence-electron chi connectivity index (χ2n) is 7.89. The van der Waals surface area contributed by atoms with Crippen molar-refractivity contribution in [2.24, 2.45) is 0 Å². The summed E-state index contributed by atoms with van der Waals surface area (Å²) < 4.78 is 28.3. The van der Waals surface area contributed by atoms with E-state index in [1.165, 1.54) is 19.4 Å². The summed E-state index contributed by atoms with van der Waals surface area (Å²) in [5, 5.41) is 40.4. The minimum Gasteiger partial charge on any atom is -0.490 e. The Morgan fingerprint density at radius 2 is 1.74 bits per heavy atom. The second kappa shape index (κ2) is 8.75. The van der Waals surface area contributed by atoms with Gasteiger partial charge in [-0.1, -0.05) is 30.3 Å². The van der Waals surface area contributed by atoms with Crippen LogP contribution in [0.1, 0.15) is 0 Å². The molecule has 1 fully saturated rings. The van der Waals surface area contributed by atoms with E-state index < -0.39 is 42.7 Å². The van der Waals surface area contributed by atoms with Gasteiger partial charge in [0.1, 0.15) is 30.0 Å². The van der Waals surface area contributed by atoms with Gasteiger partial charge in [-0.15, -0.1) is 0 Å². The SMILES string of the molecule is COc1c(-c2ccccc2)oc2c(cc(O[C@@H]3O[C@H](CO)[C@@H](O)[C@H](O)[C@H]3O)c3occc32)c1=O. The third-order valence-electron chi connectivity index (χ3n) is 5.85. The van der Waals surface area contributed by atoms with E-state index >= 15 is 0 Å². The lowest BCUT2D eigenvalue weighted by atomic mass is 9.99. The number of ether oxygens (including phenoxy) is 3. The zero-order valence-corrected chi connectivity index (χ0v) is 18.0. The number of aliphatic hydroxyl groups is 4. The van der Waals surface area contributed by atoms with Gasteiger partial charge < -0.3 is 43.5 Å². The molecule has 5 atom stereocenters. The number of benzene rings is 2. The molecule has 3 heterocycles. The average molecular weight is 470 g/mol. The largest absolute Gasteiger partial charge is 0.490 e. The molecular formula is C24H22O10. The van der Waals surface area contributed by atoms with Gasteiger partial charge in [-0.05, 0) is 12.1 Å². The van der Waals surface area contributed by atoms with Crippen LogP contribution in [-0.2, 0) is 4.74 Å². The number of aliphatic hydroxyl groups excluding tert-OH is 4. The lowest BCUT2D eigenvalue weighted by Crippen LogP contribution is -2.60. The molecule has 4 N–H and O–H groups in total. The van der Waals surface area contributed by atoms with Crippen LogP contribution < -0.4 is 14.9 Å². The lowest BCUT2D eigenvalue weighted by Gasteiger charge is -2.39. The van der Waals surface area contributed by atoms with E-state index in [1.54, 1.807) is 18.2 Å². The summed E-state index contributed by atoms with van der Waals surface area (Å²) in [4.78, 5) is 13.4. The van der Waals surface area contributed by atoms with Gasteiger partial charge in [0.15, 0.2) is 17.1 Å². The average Bonchev–Trinajstić information content (AvgIpc) is 3.36. The second-order valence-corrected chi connectivity index (χ2v) is 7.89. The first-order valence-electron chi connectivity index (χ1n) is 10.5. The first-order chi connectivity index (χ1) is 16.4. The quantitative estimate of drug-likeness (QED) is 0.337. The van der Waals surface area contributed by atoms with Gasteiger partial charge in [-0.2, -0.15) is 0 Å². The minimum atomic E-state index is -1.63. The molecule has 178 valence electrons. The molecule has 1 aliphatic heterocycles. The van der Waals surface area contributed by atoms with Crippen molar-refractivity contribution in [2.45, 2.75) is 30.7 Å². The molecule has 0 bridgehead atoms. The van der Waals surface area contributed by atoms with E-state index in [2.05, 4.69) is 0 Å².